The van der Waals surface area contributed by atoms with E-state index in [2.05, 4.69) is 27.0 Å². The van der Waals surface area contributed by atoms with Crippen LogP contribution in [0.2, 0.25) is 0 Å². The molecule has 0 heterocycles. The number of rotatable bonds is 30. The Labute approximate surface area is 371 Å². The third-order valence-electron chi connectivity index (χ3n) is 9.70. The Morgan fingerprint density at radius 1 is 0.508 bits per heavy atom. The highest BCUT2D eigenvalue weighted by molar-refractivity contribution is 5.95. The van der Waals surface area contributed by atoms with Crippen LogP contribution in [0.15, 0.2) is 147 Å². The first-order chi connectivity index (χ1) is 30.9. The van der Waals surface area contributed by atoms with Crippen LogP contribution in [0.1, 0.15) is 52.4 Å². The first-order valence-electron chi connectivity index (χ1n) is 21.7. The SMILES string of the molecule is C=CC(=O)OC(COCC(CCCC)Oc1ccccc1)COc1cc(Oc2ccccc2)c(OCC(COCC(CCCC)Oc2ccccc2)OC(=O)C=C)c2ccccc12. The molecule has 0 radical (unpaired) electrons. The van der Waals surface area contributed by atoms with Gasteiger partial charge < -0.3 is 42.6 Å². The molecular weight excluding hydrogens is 801 g/mol. The van der Waals surface area contributed by atoms with Gasteiger partial charge in [-0.3, -0.25) is 0 Å². The smallest absolute Gasteiger partial charge is 0.330 e. The van der Waals surface area contributed by atoms with Gasteiger partial charge in [0.25, 0.3) is 0 Å². The summed E-state index contributed by atoms with van der Waals surface area (Å²) < 4.78 is 55.6. The predicted octanol–water partition coefficient (Wildman–Crippen LogP) is 10.9. The number of fused-ring (bicyclic) bond motifs is 1. The summed E-state index contributed by atoms with van der Waals surface area (Å²) in [6.45, 7) is 12.0. The lowest BCUT2D eigenvalue weighted by Gasteiger charge is -2.24. The van der Waals surface area contributed by atoms with Crippen molar-refractivity contribution in [2.45, 2.75) is 76.8 Å². The summed E-state index contributed by atoms with van der Waals surface area (Å²) in [5.41, 5.74) is 0. The van der Waals surface area contributed by atoms with Crippen molar-refractivity contribution in [3.63, 3.8) is 0 Å². The molecule has 5 rings (SSSR count). The normalized spacial score (nSPS) is 12.9. The van der Waals surface area contributed by atoms with E-state index in [9.17, 15) is 9.59 Å². The maximum absolute atomic E-state index is 12.5. The number of carbonyl (C=O) groups is 2. The van der Waals surface area contributed by atoms with Gasteiger partial charge in [0.2, 0.25) is 0 Å². The van der Waals surface area contributed by atoms with E-state index in [1.165, 1.54) is 0 Å². The van der Waals surface area contributed by atoms with Crippen molar-refractivity contribution in [3.05, 3.63) is 147 Å². The van der Waals surface area contributed by atoms with E-state index in [0.717, 1.165) is 62.2 Å². The van der Waals surface area contributed by atoms with E-state index in [1.54, 1.807) is 6.07 Å². The lowest BCUT2D eigenvalue weighted by atomic mass is 10.1. The minimum Gasteiger partial charge on any atom is -0.489 e. The fraction of sp³-hybridized carbons (Fsp3) is 0.346. The number of hydrogen-bond donors (Lipinski definition) is 0. The summed E-state index contributed by atoms with van der Waals surface area (Å²) in [6.07, 6.45) is 5.79. The summed E-state index contributed by atoms with van der Waals surface area (Å²) in [5, 5.41) is 1.37. The first kappa shape index (κ1) is 47.7. The molecule has 0 aliphatic heterocycles. The van der Waals surface area contributed by atoms with Gasteiger partial charge in [-0.1, -0.05) is 119 Å². The third-order valence-corrected chi connectivity index (χ3v) is 9.70. The predicted molar refractivity (Wildman–Crippen MR) is 244 cm³/mol. The molecule has 0 fully saturated rings. The van der Waals surface area contributed by atoms with Gasteiger partial charge in [-0.2, -0.15) is 0 Å². The lowest BCUT2D eigenvalue weighted by molar-refractivity contribution is -0.149. The van der Waals surface area contributed by atoms with E-state index in [0.29, 0.717) is 33.8 Å². The largest absolute Gasteiger partial charge is 0.489 e. The monoisotopic (exact) mass is 860 g/mol. The molecule has 0 aliphatic carbocycles. The Kier molecular flexibility index (Phi) is 20.4. The van der Waals surface area contributed by atoms with Gasteiger partial charge in [-0.15, -0.1) is 0 Å². The van der Waals surface area contributed by atoms with Crippen molar-refractivity contribution in [2.75, 3.05) is 39.6 Å². The Balaban J connectivity index is 1.34. The fourth-order valence-electron chi connectivity index (χ4n) is 6.53. The standard InChI is InChI=1S/C52H60O11/c1-5-9-22-42(59-39-24-14-11-15-25-39)33-55-35-44(62-50(53)7-3)37-57-48-32-49(61-41-28-18-13-19-29-41)52(47-31-21-20-30-46(47)48)58-38-45(63-51(54)8-4)36-56-34-43(23-10-6-2)60-40-26-16-12-17-27-40/h7-8,11-21,24-32,42-45H,3-6,9-10,22-23,33-38H2,1-2H3. The van der Waals surface area contributed by atoms with Crippen LogP contribution in [0.3, 0.4) is 0 Å². The number of carbonyl (C=O) groups excluding carboxylic acids is 2. The molecule has 5 aromatic carbocycles. The molecule has 0 saturated carbocycles. The Morgan fingerprint density at radius 2 is 0.937 bits per heavy atom. The number of esters is 2. The van der Waals surface area contributed by atoms with Gasteiger partial charge in [-0.25, -0.2) is 9.59 Å². The molecule has 4 atom stereocenters. The van der Waals surface area contributed by atoms with Crippen molar-refractivity contribution in [3.8, 4) is 34.5 Å². The van der Waals surface area contributed by atoms with Crippen molar-refractivity contribution in [1.29, 1.82) is 0 Å². The topological polar surface area (TPSA) is 117 Å². The van der Waals surface area contributed by atoms with Gasteiger partial charge in [0.1, 0.15) is 48.4 Å². The number of para-hydroxylation sites is 3. The number of hydrogen-bond acceptors (Lipinski definition) is 11. The molecule has 11 nitrogen and oxygen atoms in total. The molecule has 334 valence electrons. The number of unbranched alkanes of at least 4 members (excludes halogenated alkanes) is 2. The van der Waals surface area contributed by atoms with E-state index in [-0.39, 0.29) is 51.8 Å². The van der Waals surface area contributed by atoms with Crippen LogP contribution in [-0.4, -0.2) is 76.0 Å². The summed E-state index contributed by atoms with van der Waals surface area (Å²) in [7, 11) is 0. The zero-order valence-electron chi connectivity index (χ0n) is 36.4. The lowest BCUT2D eigenvalue weighted by Crippen LogP contribution is -2.32. The van der Waals surface area contributed by atoms with Crippen LogP contribution < -0.4 is 23.7 Å². The molecule has 0 bridgehead atoms. The Hall–Kier alpha value is -6.30. The van der Waals surface area contributed by atoms with Crippen molar-refractivity contribution in [2.24, 2.45) is 0 Å². The van der Waals surface area contributed by atoms with Gasteiger partial charge in [-0.05, 0) is 62.1 Å². The minimum absolute atomic E-state index is 0.0407. The molecule has 5 aromatic rings. The van der Waals surface area contributed by atoms with Crippen LogP contribution in [0, 0.1) is 0 Å². The van der Waals surface area contributed by atoms with Crippen LogP contribution in [-0.2, 0) is 28.5 Å². The van der Waals surface area contributed by atoms with E-state index in [1.807, 2.05) is 115 Å². The highest BCUT2D eigenvalue weighted by atomic mass is 16.6. The van der Waals surface area contributed by atoms with Crippen LogP contribution in [0.4, 0.5) is 0 Å². The van der Waals surface area contributed by atoms with E-state index in [4.69, 9.17) is 42.6 Å². The van der Waals surface area contributed by atoms with Crippen molar-refractivity contribution >= 4 is 22.7 Å². The van der Waals surface area contributed by atoms with Crippen LogP contribution in [0.5, 0.6) is 34.5 Å². The highest BCUT2D eigenvalue weighted by Gasteiger charge is 2.23. The zero-order chi connectivity index (χ0) is 44.5. The van der Waals surface area contributed by atoms with Crippen LogP contribution in [0.25, 0.3) is 10.8 Å². The summed E-state index contributed by atoms with van der Waals surface area (Å²) in [4.78, 5) is 25.0. The summed E-state index contributed by atoms with van der Waals surface area (Å²) in [5.74, 6) is 2.04. The molecular formula is C52H60O11. The third kappa shape index (κ3) is 16.5. The fourth-order valence-corrected chi connectivity index (χ4v) is 6.53. The molecule has 0 spiro atoms. The molecule has 11 heteroatoms. The average molecular weight is 861 g/mol. The average Bonchev–Trinajstić information content (AvgIpc) is 3.31. The van der Waals surface area contributed by atoms with Crippen molar-refractivity contribution < 1.29 is 52.2 Å². The molecule has 4 unspecified atom stereocenters. The second-order valence-electron chi connectivity index (χ2n) is 14.8. The summed E-state index contributed by atoms with van der Waals surface area (Å²) >= 11 is 0. The Morgan fingerprint density at radius 3 is 1.41 bits per heavy atom. The van der Waals surface area contributed by atoms with Gasteiger partial charge >= 0.3 is 11.9 Å². The number of ether oxygens (including phenoxy) is 9. The van der Waals surface area contributed by atoms with Gasteiger partial charge in [0.05, 0.1) is 26.4 Å². The second kappa shape index (κ2) is 26.9. The first-order valence-corrected chi connectivity index (χ1v) is 21.7. The maximum atomic E-state index is 12.5. The molecule has 0 aliphatic rings. The van der Waals surface area contributed by atoms with Crippen molar-refractivity contribution in [1.82, 2.24) is 0 Å². The molecule has 0 aromatic heterocycles. The quantitative estimate of drug-likeness (QED) is 0.0324. The Bertz CT molecular complexity index is 2110. The zero-order valence-corrected chi connectivity index (χ0v) is 36.4. The van der Waals surface area contributed by atoms with Crippen LogP contribution >= 0.6 is 0 Å². The second-order valence-corrected chi connectivity index (χ2v) is 14.8. The molecule has 63 heavy (non-hydrogen) atoms. The minimum atomic E-state index is -0.807. The van der Waals surface area contributed by atoms with Gasteiger partial charge in [0, 0.05) is 29.0 Å². The molecule has 0 amide bonds. The maximum Gasteiger partial charge on any atom is 0.330 e. The molecule has 0 N–H and O–H groups in total. The molecule has 0 saturated heterocycles. The van der Waals surface area contributed by atoms with Gasteiger partial charge in [0.15, 0.2) is 23.7 Å². The summed E-state index contributed by atoms with van der Waals surface area (Å²) in [6, 6.07) is 37.8. The van der Waals surface area contributed by atoms with E-state index >= 15 is 0 Å². The van der Waals surface area contributed by atoms with E-state index < -0.39 is 24.1 Å². The highest BCUT2D eigenvalue weighted by Crippen LogP contribution is 2.43. The number of benzene rings is 5.